The Morgan fingerprint density at radius 1 is 1.20 bits per heavy atom. The first kappa shape index (κ1) is 23.3. The van der Waals surface area contributed by atoms with E-state index >= 15 is 0 Å². The molecule has 0 amide bonds. The molecular weight excluding hydrogens is 470 g/mol. The number of hydrogen-bond donors (Lipinski definition) is 2. The first-order chi connectivity index (χ1) is 17.0. The van der Waals surface area contributed by atoms with Crippen molar-refractivity contribution in [1.29, 1.82) is 0 Å². The number of H-pyrrole nitrogens is 1. The molecule has 0 bridgehead atoms. The summed E-state index contributed by atoms with van der Waals surface area (Å²) in [6, 6.07) is 9.49. The number of carboxylic acids is 1. The van der Waals surface area contributed by atoms with Gasteiger partial charge in [-0.2, -0.15) is 4.80 Å². The minimum Gasteiger partial charge on any atom is -0.484 e. The summed E-state index contributed by atoms with van der Waals surface area (Å²) in [4.78, 5) is 27.6. The maximum Gasteiger partial charge on any atom is 0.327 e. The zero-order chi connectivity index (χ0) is 24.4. The third kappa shape index (κ3) is 5.62. The Balaban J connectivity index is 1.38. The van der Waals surface area contributed by atoms with Gasteiger partial charge in [-0.1, -0.05) is 42.7 Å². The molecule has 0 aliphatic heterocycles. The Morgan fingerprint density at radius 3 is 2.69 bits per heavy atom. The van der Waals surface area contributed by atoms with E-state index < -0.39 is 5.97 Å². The number of carboxylic acid groups (broad SMARTS) is 1. The van der Waals surface area contributed by atoms with Crippen LogP contribution in [0.5, 0.6) is 5.75 Å². The largest absolute Gasteiger partial charge is 0.484 e. The highest BCUT2D eigenvalue weighted by molar-refractivity contribution is 6.32. The maximum atomic E-state index is 12.7. The van der Waals surface area contributed by atoms with Gasteiger partial charge in [0.2, 0.25) is 5.82 Å². The first-order valence-corrected chi connectivity index (χ1v) is 12.2. The van der Waals surface area contributed by atoms with Crippen molar-refractivity contribution in [2.24, 2.45) is 5.92 Å². The van der Waals surface area contributed by atoms with Crippen molar-refractivity contribution in [1.82, 2.24) is 25.2 Å². The number of allylic oxidation sites excluding steroid dienone is 1. The van der Waals surface area contributed by atoms with Crippen LogP contribution in [0.1, 0.15) is 67.1 Å². The van der Waals surface area contributed by atoms with Crippen LogP contribution in [0, 0.1) is 5.92 Å². The standard InChI is InChI=1S/C25H26ClN5O4/c26-20-12-17(7-10-22(20)35-14-23-28-30-31(29-23)13-24(32)33)19(11-15-3-1-2-4-15)21-9-8-18(16-5-6-16)25(34)27-21/h7-12,15-16H,1-6,13-14H2,(H,27,34)(H,32,33)/b19-11+. The van der Waals surface area contributed by atoms with E-state index in [0.29, 0.717) is 22.6 Å². The molecule has 2 aromatic heterocycles. The monoisotopic (exact) mass is 495 g/mol. The van der Waals surface area contributed by atoms with E-state index in [0.717, 1.165) is 52.9 Å². The number of halogens is 1. The Hall–Kier alpha value is -3.46. The van der Waals surface area contributed by atoms with Gasteiger partial charge in [0.1, 0.15) is 5.75 Å². The van der Waals surface area contributed by atoms with Gasteiger partial charge in [0.05, 0.1) is 5.02 Å². The molecule has 2 aliphatic rings. The molecule has 2 heterocycles. The number of nitrogens with one attached hydrogen (secondary N) is 1. The van der Waals surface area contributed by atoms with Gasteiger partial charge in [-0.3, -0.25) is 9.59 Å². The molecule has 3 aromatic rings. The van der Waals surface area contributed by atoms with E-state index in [9.17, 15) is 9.59 Å². The molecule has 9 nitrogen and oxygen atoms in total. The summed E-state index contributed by atoms with van der Waals surface area (Å²) in [7, 11) is 0. The smallest absolute Gasteiger partial charge is 0.327 e. The molecule has 2 N–H and O–H groups in total. The lowest BCUT2D eigenvalue weighted by Gasteiger charge is -2.14. The lowest BCUT2D eigenvalue weighted by Crippen LogP contribution is -2.13. The van der Waals surface area contributed by atoms with Crippen molar-refractivity contribution in [2.75, 3.05) is 0 Å². The Morgan fingerprint density at radius 2 is 2.00 bits per heavy atom. The van der Waals surface area contributed by atoms with E-state index in [1.807, 2.05) is 24.3 Å². The van der Waals surface area contributed by atoms with Crippen LogP contribution in [0.2, 0.25) is 5.02 Å². The molecule has 1 aromatic carbocycles. The fourth-order valence-corrected chi connectivity index (χ4v) is 4.74. The van der Waals surface area contributed by atoms with Crippen molar-refractivity contribution in [3.05, 3.63) is 74.4 Å². The van der Waals surface area contributed by atoms with Gasteiger partial charge in [0.25, 0.3) is 5.56 Å². The van der Waals surface area contributed by atoms with Crippen LogP contribution in [-0.2, 0) is 17.9 Å². The van der Waals surface area contributed by atoms with Gasteiger partial charge in [-0.15, -0.1) is 10.2 Å². The summed E-state index contributed by atoms with van der Waals surface area (Å²) in [5.74, 6) is 0.495. The van der Waals surface area contributed by atoms with Crippen LogP contribution in [0.15, 0.2) is 41.2 Å². The second kappa shape index (κ2) is 10.0. The predicted octanol–water partition coefficient (Wildman–Crippen LogP) is 4.18. The number of aromatic amines is 1. The molecule has 2 saturated carbocycles. The molecule has 10 heteroatoms. The Labute approximate surface area is 206 Å². The molecule has 0 atom stereocenters. The van der Waals surface area contributed by atoms with Gasteiger partial charge >= 0.3 is 5.97 Å². The van der Waals surface area contributed by atoms with Gasteiger partial charge in [-0.05, 0) is 66.5 Å². The van der Waals surface area contributed by atoms with Crippen LogP contribution in [0.4, 0.5) is 0 Å². The number of rotatable bonds is 9. The highest BCUT2D eigenvalue weighted by Crippen LogP contribution is 2.39. The Kier molecular flexibility index (Phi) is 6.68. The number of aliphatic carboxylic acids is 1. The van der Waals surface area contributed by atoms with Crippen LogP contribution in [0.3, 0.4) is 0 Å². The van der Waals surface area contributed by atoms with Crippen LogP contribution >= 0.6 is 11.6 Å². The lowest BCUT2D eigenvalue weighted by atomic mass is 9.95. The van der Waals surface area contributed by atoms with Crippen molar-refractivity contribution in [3.8, 4) is 5.75 Å². The van der Waals surface area contributed by atoms with Crippen molar-refractivity contribution < 1.29 is 14.6 Å². The van der Waals surface area contributed by atoms with E-state index in [-0.39, 0.29) is 24.5 Å². The van der Waals surface area contributed by atoms with Gasteiger partial charge < -0.3 is 14.8 Å². The number of ether oxygens (including phenoxy) is 1. The number of aromatic nitrogens is 5. The molecule has 0 spiro atoms. The second-order valence-electron chi connectivity index (χ2n) is 9.12. The Bertz CT molecular complexity index is 1320. The van der Waals surface area contributed by atoms with E-state index in [1.165, 1.54) is 12.8 Å². The van der Waals surface area contributed by atoms with E-state index in [2.05, 4.69) is 26.5 Å². The number of benzene rings is 1. The molecule has 35 heavy (non-hydrogen) atoms. The van der Waals surface area contributed by atoms with E-state index in [4.69, 9.17) is 21.4 Å². The molecule has 0 radical (unpaired) electrons. The number of pyridine rings is 1. The van der Waals surface area contributed by atoms with Crippen molar-refractivity contribution in [3.63, 3.8) is 0 Å². The van der Waals surface area contributed by atoms with Crippen molar-refractivity contribution >= 4 is 23.1 Å². The third-order valence-corrected chi connectivity index (χ3v) is 6.72. The highest BCUT2D eigenvalue weighted by Gasteiger charge is 2.26. The molecular formula is C25H26ClN5O4. The minimum absolute atomic E-state index is 0.000591. The van der Waals surface area contributed by atoms with E-state index in [1.54, 1.807) is 6.07 Å². The van der Waals surface area contributed by atoms with Crippen LogP contribution in [-0.4, -0.2) is 36.3 Å². The zero-order valence-corrected chi connectivity index (χ0v) is 19.9. The molecule has 2 aliphatic carbocycles. The summed E-state index contributed by atoms with van der Waals surface area (Å²) in [5.41, 5.74) is 3.49. The summed E-state index contributed by atoms with van der Waals surface area (Å²) >= 11 is 6.56. The van der Waals surface area contributed by atoms with Gasteiger partial charge in [0.15, 0.2) is 13.2 Å². The zero-order valence-electron chi connectivity index (χ0n) is 19.1. The summed E-state index contributed by atoms with van der Waals surface area (Å²) in [5, 5.41) is 20.7. The predicted molar refractivity (Wildman–Crippen MR) is 129 cm³/mol. The minimum atomic E-state index is -1.06. The lowest BCUT2D eigenvalue weighted by molar-refractivity contribution is -0.138. The molecule has 182 valence electrons. The van der Waals surface area contributed by atoms with Crippen LogP contribution in [0.25, 0.3) is 5.57 Å². The number of tetrazole rings is 1. The maximum absolute atomic E-state index is 12.7. The number of nitrogens with zero attached hydrogens (tertiary/aromatic N) is 4. The fourth-order valence-electron chi connectivity index (χ4n) is 4.51. The number of carbonyl (C=O) groups is 1. The summed E-state index contributed by atoms with van der Waals surface area (Å²) in [6.07, 6.45) is 9.11. The summed E-state index contributed by atoms with van der Waals surface area (Å²) in [6.45, 7) is -0.373. The SMILES string of the molecule is O=C(O)Cn1nnc(COc2ccc(/C(=C\C3CCCC3)c3ccc(C4CC4)c(=O)[nH]3)cc2Cl)n1. The van der Waals surface area contributed by atoms with Gasteiger partial charge in [0, 0.05) is 16.8 Å². The second-order valence-corrected chi connectivity index (χ2v) is 9.53. The third-order valence-electron chi connectivity index (χ3n) is 6.42. The molecule has 2 fully saturated rings. The van der Waals surface area contributed by atoms with Crippen molar-refractivity contribution in [2.45, 2.75) is 57.6 Å². The van der Waals surface area contributed by atoms with Crippen LogP contribution < -0.4 is 10.3 Å². The average molecular weight is 496 g/mol. The first-order valence-electron chi connectivity index (χ1n) is 11.8. The molecule has 0 unspecified atom stereocenters. The topological polar surface area (TPSA) is 123 Å². The molecule has 5 rings (SSSR count). The molecule has 0 saturated heterocycles. The summed E-state index contributed by atoms with van der Waals surface area (Å²) < 4.78 is 5.75. The fraction of sp³-hybridized carbons (Fsp3) is 0.400. The highest BCUT2D eigenvalue weighted by atomic mass is 35.5. The van der Waals surface area contributed by atoms with Gasteiger partial charge in [-0.25, -0.2) is 0 Å². The quantitative estimate of drug-likeness (QED) is 0.456. The average Bonchev–Trinajstić information content (AvgIpc) is 3.34. The number of hydrogen-bond acceptors (Lipinski definition) is 6. The normalized spacial score (nSPS) is 16.5.